The first-order valence-electron chi connectivity index (χ1n) is 8.95. The van der Waals surface area contributed by atoms with Gasteiger partial charge >= 0.3 is 0 Å². The molecule has 0 saturated heterocycles. The fourth-order valence-electron chi connectivity index (χ4n) is 3.45. The van der Waals surface area contributed by atoms with Crippen LogP contribution in [0.15, 0.2) is 24.4 Å². The Morgan fingerprint density at radius 1 is 1.28 bits per heavy atom. The molecule has 1 atom stereocenters. The summed E-state index contributed by atoms with van der Waals surface area (Å²) in [6, 6.07) is 4.23. The molecule has 1 aromatic carbocycles. The number of amides is 1. The summed E-state index contributed by atoms with van der Waals surface area (Å²) < 4.78 is 16.2. The number of aromatic nitrogens is 4. The SMILES string of the molecule is CNC(=O)c1cnc(Cl)cc1Nc1cc(F)cc2c1N(C)C(C)c1nc(C)nn1-2. The molecule has 3 aromatic rings. The van der Waals surface area contributed by atoms with Crippen LogP contribution in [0.2, 0.25) is 5.15 Å². The van der Waals surface area contributed by atoms with E-state index in [1.54, 1.807) is 11.6 Å². The second-order valence-electron chi connectivity index (χ2n) is 6.79. The van der Waals surface area contributed by atoms with Crippen LogP contribution in [0.4, 0.5) is 21.5 Å². The predicted molar refractivity (Wildman–Crippen MR) is 109 cm³/mol. The fraction of sp³-hybridized carbons (Fsp3) is 0.263. The number of rotatable bonds is 3. The van der Waals surface area contributed by atoms with E-state index in [2.05, 4.69) is 25.7 Å². The summed E-state index contributed by atoms with van der Waals surface area (Å²) in [7, 11) is 3.42. The van der Waals surface area contributed by atoms with E-state index >= 15 is 0 Å². The average molecular weight is 416 g/mol. The van der Waals surface area contributed by atoms with Gasteiger partial charge in [0.05, 0.1) is 34.4 Å². The topological polar surface area (TPSA) is 88.0 Å². The second-order valence-corrected chi connectivity index (χ2v) is 7.18. The predicted octanol–water partition coefficient (Wildman–Crippen LogP) is 3.38. The number of halogens is 2. The molecule has 10 heteroatoms. The van der Waals surface area contributed by atoms with Gasteiger partial charge in [-0.2, -0.15) is 5.10 Å². The Bertz CT molecular complexity index is 1130. The Labute approximate surface area is 171 Å². The van der Waals surface area contributed by atoms with Crippen LogP contribution in [-0.2, 0) is 0 Å². The number of hydrogen-bond donors (Lipinski definition) is 2. The molecular formula is C19H19ClFN7O. The highest BCUT2D eigenvalue weighted by atomic mass is 35.5. The molecule has 29 heavy (non-hydrogen) atoms. The summed E-state index contributed by atoms with van der Waals surface area (Å²) in [4.78, 5) is 22.7. The quantitative estimate of drug-likeness (QED) is 0.637. The second kappa shape index (κ2) is 7.00. The summed E-state index contributed by atoms with van der Waals surface area (Å²) in [6.45, 7) is 3.79. The molecular weight excluding hydrogens is 397 g/mol. The third-order valence-corrected chi connectivity index (χ3v) is 5.15. The number of fused-ring (bicyclic) bond motifs is 3. The van der Waals surface area contributed by atoms with E-state index in [9.17, 15) is 9.18 Å². The summed E-state index contributed by atoms with van der Waals surface area (Å²) >= 11 is 6.04. The fourth-order valence-corrected chi connectivity index (χ4v) is 3.61. The Hall–Kier alpha value is -3.20. The van der Waals surface area contributed by atoms with Gasteiger partial charge in [-0.25, -0.2) is 19.0 Å². The van der Waals surface area contributed by atoms with Gasteiger partial charge in [-0.1, -0.05) is 11.6 Å². The van der Waals surface area contributed by atoms with Crippen molar-refractivity contribution in [1.29, 1.82) is 0 Å². The summed E-state index contributed by atoms with van der Waals surface area (Å²) in [5, 5.41) is 10.4. The molecule has 0 spiro atoms. The highest BCUT2D eigenvalue weighted by Gasteiger charge is 2.31. The minimum absolute atomic E-state index is 0.0887. The number of carbonyl (C=O) groups excluding carboxylic acids is 1. The molecule has 0 fully saturated rings. The summed E-state index contributed by atoms with van der Waals surface area (Å²) in [5.41, 5.74) is 2.47. The zero-order valence-corrected chi connectivity index (χ0v) is 17.0. The minimum Gasteiger partial charge on any atom is -0.361 e. The van der Waals surface area contributed by atoms with E-state index in [1.165, 1.54) is 31.4 Å². The van der Waals surface area contributed by atoms with Crippen LogP contribution < -0.4 is 15.5 Å². The highest BCUT2D eigenvalue weighted by Crippen LogP contribution is 2.43. The van der Waals surface area contributed by atoms with Crippen molar-refractivity contribution in [1.82, 2.24) is 25.1 Å². The zero-order chi connectivity index (χ0) is 20.9. The monoisotopic (exact) mass is 415 g/mol. The molecule has 8 nitrogen and oxygen atoms in total. The van der Waals surface area contributed by atoms with Crippen LogP contribution in [0.25, 0.3) is 5.69 Å². The maximum Gasteiger partial charge on any atom is 0.254 e. The Kier molecular flexibility index (Phi) is 4.62. The molecule has 2 aromatic heterocycles. The van der Waals surface area contributed by atoms with Gasteiger partial charge in [0.1, 0.15) is 16.8 Å². The minimum atomic E-state index is -0.449. The molecule has 1 unspecified atom stereocenters. The van der Waals surface area contributed by atoms with Crippen molar-refractivity contribution in [3.05, 3.63) is 52.6 Å². The van der Waals surface area contributed by atoms with Crippen LogP contribution in [0.5, 0.6) is 0 Å². The Morgan fingerprint density at radius 3 is 2.76 bits per heavy atom. The average Bonchev–Trinajstić information content (AvgIpc) is 3.07. The number of anilines is 3. The Morgan fingerprint density at radius 2 is 2.03 bits per heavy atom. The number of carbonyl (C=O) groups is 1. The number of hydrogen-bond acceptors (Lipinski definition) is 6. The van der Waals surface area contributed by atoms with Crippen molar-refractivity contribution in [3.8, 4) is 5.69 Å². The number of nitrogens with zero attached hydrogens (tertiary/aromatic N) is 5. The lowest BCUT2D eigenvalue weighted by molar-refractivity contribution is 0.0963. The van der Waals surface area contributed by atoms with Crippen LogP contribution >= 0.6 is 11.6 Å². The van der Waals surface area contributed by atoms with Crippen molar-refractivity contribution in [3.63, 3.8) is 0 Å². The summed E-state index contributed by atoms with van der Waals surface area (Å²) in [5.74, 6) is 0.551. The van der Waals surface area contributed by atoms with Crippen molar-refractivity contribution in [2.45, 2.75) is 19.9 Å². The molecule has 150 valence electrons. The number of pyridine rings is 1. The van der Waals surface area contributed by atoms with Gasteiger partial charge in [-0.15, -0.1) is 0 Å². The normalized spacial score (nSPS) is 15.0. The van der Waals surface area contributed by atoms with E-state index in [0.29, 0.717) is 28.5 Å². The Balaban J connectivity index is 1.90. The largest absolute Gasteiger partial charge is 0.361 e. The van der Waals surface area contributed by atoms with Crippen molar-refractivity contribution in [2.75, 3.05) is 24.3 Å². The van der Waals surface area contributed by atoms with Crippen LogP contribution in [-0.4, -0.2) is 39.8 Å². The molecule has 3 heterocycles. The molecule has 4 rings (SSSR count). The van der Waals surface area contributed by atoms with Gasteiger partial charge < -0.3 is 15.5 Å². The highest BCUT2D eigenvalue weighted by molar-refractivity contribution is 6.29. The van der Waals surface area contributed by atoms with Gasteiger partial charge in [0.2, 0.25) is 0 Å². The van der Waals surface area contributed by atoms with Gasteiger partial charge in [-0.3, -0.25) is 4.79 Å². The number of nitrogens with one attached hydrogen (secondary N) is 2. The van der Waals surface area contributed by atoms with Crippen LogP contribution in [0.1, 0.15) is 35.0 Å². The molecule has 0 aliphatic carbocycles. The number of benzene rings is 1. The third kappa shape index (κ3) is 3.17. The van der Waals surface area contributed by atoms with E-state index in [4.69, 9.17) is 11.6 Å². The smallest absolute Gasteiger partial charge is 0.254 e. The van der Waals surface area contributed by atoms with Crippen molar-refractivity contribution < 1.29 is 9.18 Å². The molecule has 0 saturated carbocycles. The third-order valence-electron chi connectivity index (χ3n) is 4.94. The first kappa shape index (κ1) is 19.1. The van der Waals surface area contributed by atoms with Gasteiger partial charge in [-0.05, 0) is 26.0 Å². The molecule has 0 radical (unpaired) electrons. The molecule has 1 aliphatic heterocycles. The van der Waals surface area contributed by atoms with Gasteiger partial charge in [0, 0.05) is 26.4 Å². The van der Waals surface area contributed by atoms with E-state index in [1.807, 2.05) is 18.9 Å². The lowest BCUT2D eigenvalue weighted by Gasteiger charge is -2.35. The molecule has 1 aliphatic rings. The van der Waals surface area contributed by atoms with E-state index in [-0.39, 0.29) is 17.1 Å². The van der Waals surface area contributed by atoms with Gasteiger partial charge in [0.25, 0.3) is 5.91 Å². The lowest BCUT2D eigenvalue weighted by Crippen LogP contribution is -2.31. The summed E-state index contributed by atoms with van der Waals surface area (Å²) in [6.07, 6.45) is 1.38. The molecule has 2 N–H and O–H groups in total. The molecule has 0 bridgehead atoms. The first-order chi connectivity index (χ1) is 13.8. The van der Waals surface area contributed by atoms with Crippen LogP contribution in [0, 0.1) is 12.7 Å². The molecule has 1 amide bonds. The van der Waals surface area contributed by atoms with E-state index in [0.717, 1.165) is 11.5 Å². The van der Waals surface area contributed by atoms with Gasteiger partial charge in [0.15, 0.2) is 5.82 Å². The van der Waals surface area contributed by atoms with Crippen molar-refractivity contribution in [2.24, 2.45) is 0 Å². The van der Waals surface area contributed by atoms with E-state index < -0.39 is 5.82 Å². The van der Waals surface area contributed by atoms with Crippen LogP contribution in [0.3, 0.4) is 0 Å². The first-order valence-corrected chi connectivity index (χ1v) is 9.33. The lowest BCUT2D eigenvalue weighted by atomic mass is 10.1. The maximum absolute atomic E-state index is 14.5. The maximum atomic E-state index is 14.5. The van der Waals surface area contributed by atoms with Crippen molar-refractivity contribution >= 4 is 34.6 Å². The standard InChI is InChI=1S/C19H19ClFN7O/c1-9-18-24-10(2)26-28(18)15-6-11(21)5-14(17(15)27(9)4)25-13-7-16(20)23-8-12(13)19(29)22-3/h5-9H,1-4H3,(H,22,29)(H,23,25). The zero-order valence-electron chi connectivity index (χ0n) is 16.3. The number of aryl methyl sites for hydroxylation is 1.